The van der Waals surface area contributed by atoms with Gasteiger partial charge in [0.15, 0.2) is 0 Å². The first kappa shape index (κ1) is 11.5. The maximum atomic E-state index is 9.81. The number of carbonyl (C=O) groups is 1. The first-order valence-electron chi connectivity index (χ1n) is 2.34. The van der Waals surface area contributed by atoms with Crippen LogP contribution in [0.15, 0.2) is 0 Å². The Morgan fingerprint density at radius 2 is 2.00 bits per heavy atom. The Morgan fingerprint density at radius 3 is 2.00 bits per heavy atom. The average molecular weight is 142 g/mol. The van der Waals surface area contributed by atoms with Crippen LogP contribution in [-0.2, 0) is 4.79 Å². The van der Waals surface area contributed by atoms with Gasteiger partial charge in [0.2, 0.25) is 0 Å². The summed E-state index contributed by atoms with van der Waals surface area (Å²) in [6.07, 6.45) is 0.278. The summed E-state index contributed by atoms with van der Waals surface area (Å²) < 4.78 is 0. The average Bonchev–Trinajstić information content (AvgIpc) is 1.27. The summed E-state index contributed by atoms with van der Waals surface area (Å²) >= 11 is 0. The predicted molar refractivity (Wildman–Crippen MR) is 27.1 cm³/mol. The predicted octanol–water partition coefficient (Wildman–Crippen LogP) is 1.12. The van der Waals surface area contributed by atoms with Crippen LogP contribution in [0.4, 0.5) is 0 Å². The molecule has 0 saturated carbocycles. The molecule has 0 aliphatic carbocycles. The van der Waals surface area contributed by atoms with Gasteiger partial charge in [-0.05, 0) is 5.92 Å². The normalized spacial score (nSPS) is 8.38. The number of aliphatic carboxylic acids is 1. The Hall–Kier alpha value is 0.730. The topological polar surface area (TPSA) is 37.3 Å². The standard InChI is InChI=1S/C5H10O2.Ar/c1-4(2)3-5(6)7;/h4H,3H2,1-2H3,(H,6,7);. The zero-order valence-corrected chi connectivity index (χ0v) is 5.70. The summed E-state index contributed by atoms with van der Waals surface area (Å²) in [5.74, 6) is -0.438. The van der Waals surface area contributed by atoms with E-state index in [0.29, 0.717) is 0 Å². The Kier molecular flexibility index (Phi) is 8.43. The minimum atomic E-state index is -0.713. The van der Waals surface area contributed by atoms with E-state index in [9.17, 15) is 4.79 Å². The molecule has 0 aromatic heterocycles. The molecule has 0 atom stereocenters. The molecule has 0 spiro atoms. The molecular weight excluding hydrogens is 132 g/mol. The third-order valence-electron chi connectivity index (χ3n) is 0.583. The van der Waals surface area contributed by atoms with E-state index in [0.717, 1.165) is 0 Å². The molecule has 0 heterocycles. The third-order valence-corrected chi connectivity index (χ3v) is 0.583. The van der Waals surface area contributed by atoms with Gasteiger partial charge in [0.1, 0.15) is 0 Å². The van der Waals surface area contributed by atoms with Crippen molar-refractivity contribution in [3.8, 4) is 0 Å². The summed E-state index contributed by atoms with van der Waals surface area (Å²) in [4.78, 5) is 9.81. The molecule has 0 aromatic rings. The number of rotatable bonds is 2. The quantitative estimate of drug-likeness (QED) is 0.627. The van der Waals surface area contributed by atoms with Crippen LogP contribution < -0.4 is 0 Å². The van der Waals surface area contributed by atoms with Gasteiger partial charge in [-0.15, -0.1) is 0 Å². The molecule has 1 N–H and O–H groups in total. The van der Waals surface area contributed by atoms with E-state index in [1.807, 2.05) is 13.8 Å². The summed E-state index contributed by atoms with van der Waals surface area (Å²) in [6, 6.07) is 0. The van der Waals surface area contributed by atoms with Crippen LogP contribution in [0.2, 0.25) is 0 Å². The van der Waals surface area contributed by atoms with Crippen LogP contribution in [0.3, 0.4) is 0 Å². The van der Waals surface area contributed by atoms with Crippen molar-refractivity contribution in [3.63, 3.8) is 0 Å². The first-order valence-corrected chi connectivity index (χ1v) is 2.34. The van der Waals surface area contributed by atoms with E-state index in [1.54, 1.807) is 0 Å². The Labute approximate surface area is 79.3 Å². The molecule has 0 bridgehead atoms. The van der Waals surface area contributed by atoms with Gasteiger partial charge in [-0.2, -0.15) is 0 Å². The van der Waals surface area contributed by atoms with E-state index in [4.69, 9.17) is 5.11 Å². The molecule has 0 rings (SSSR count). The number of carboxylic acid groups (broad SMARTS) is 1. The van der Waals surface area contributed by atoms with E-state index >= 15 is 0 Å². The molecule has 0 aromatic carbocycles. The molecule has 2 nitrogen and oxygen atoms in total. The van der Waals surface area contributed by atoms with Crippen LogP contribution in [0.25, 0.3) is 0 Å². The van der Waals surface area contributed by atoms with Gasteiger partial charge in [-0.3, -0.25) is 4.79 Å². The van der Waals surface area contributed by atoms with Crippen molar-refractivity contribution in [2.75, 3.05) is 0 Å². The molecule has 0 aliphatic rings. The molecule has 50 valence electrons. The minimum Gasteiger partial charge on any atom is -0.481 e. The van der Waals surface area contributed by atoms with Gasteiger partial charge in [-0.1, -0.05) is 13.8 Å². The van der Waals surface area contributed by atoms with Gasteiger partial charge in [-0.25, -0.2) is 0 Å². The zero-order valence-electron chi connectivity index (χ0n) is 4.99. The molecule has 8 heavy (non-hydrogen) atoms. The number of hydrogen-bond acceptors (Lipinski definition) is 1. The van der Waals surface area contributed by atoms with Crippen molar-refractivity contribution in [3.05, 3.63) is 0 Å². The van der Waals surface area contributed by atoms with Crippen LogP contribution in [0.5, 0.6) is 0 Å². The molecule has 0 aliphatic heterocycles. The summed E-state index contributed by atoms with van der Waals surface area (Å²) in [7, 11) is 0. The van der Waals surface area contributed by atoms with Crippen molar-refractivity contribution < 1.29 is 47.6 Å². The number of hydrogen-bond donors (Lipinski definition) is 1. The Bertz CT molecular complexity index is 70.8. The molecule has 0 fully saturated rings. The second-order valence-corrected chi connectivity index (χ2v) is 1.99. The second kappa shape index (κ2) is 5.86. The Morgan fingerprint density at radius 1 is 1.62 bits per heavy atom. The van der Waals surface area contributed by atoms with Gasteiger partial charge in [0, 0.05) is 44.2 Å². The smallest absolute Gasteiger partial charge is 0.303 e. The summed E-state index contributed by atoms with van der Waals surface area (Å²) in [5, 5.41) is 8.08. The summed E-state index contributed by atoms with van der Waals surface area (Å²) in [6.45, 7) is 3.77. The monoisotopic (exact) mass is 142 g/mol. The summed E-state index contributed by atoms with van der Waals surface area (Å²) in [5.41, 5.74) is 0. The van der Waals surface area contributed by atoms with Crippen LogP contribution >= 0.6 is 0 Å². The fourth-order valence-electron chi connectivity index (χ4n) is 0.349. The van der Waals surface area contributed by atoms with E-state index in [1.165, 1.54) is 0 Å². The van der Waals surface area contributed by atoms with Crippen molar-refractivity contribution in [2.45, 2.75) is 20.3 Å². The Balaban J connectivity index is 0. The van der Waals surface area contributed by atoms with Crippen LogP contribution in [-0.4, -0.2) is 11.1 Å². The fourth-order valence-corrected chi connectivity index (χ4v) is 0.349. The van der Waals surface area contributed by atoms with Gasteiger partial charge in [0.05, 0.1) is 0 Å². The SMILES string of the molecule is CC(C)CC(=O)O.[Ar]. The third kappa shape index (κ3) is 9.88. The van der Waals surface area contributed by atoms with Gasteiger partial charge < -0.3 is 5.11 Å². The van der Waals surface area contributed by atoms with Crippen molar-refractivity contribution >= 4 is 5.97 Å². The largest absolute Gasteiger partial charge is 0.481 e. The van der Waals surface area contributed by atoms with Crippen molar-refractivity contribution in [1.29, 1.82) is 0 Å². The van der Waals surface area contributed by atoms with Gasteiger partial charge >= 0.3 is 5.97 Å². The molecule has 0 unspecified atom stereocenters. The zero-order chi connectivity index (χ0) is 5.86. The number of carboxylic acids is 1. The maximum Gasteiger partial charge on any atom is 0.303 e. The van der Waals surface area contributed by atoms with Crippen LogP contribution in [0.1, 0.15) is 20.3 Å². The molecule has 0 radical (unpaired) electrons. The van der Waals surface area contributed by atoms with E-state index < -0.39 is 5.97 Å². The second-order valence-electron chi connectivity index (χ2n) is 1.99. The molecule has 0 saturated heterocycles. The van der Waals surface area contributed by atoms with Crippen molar-refractivity contribution in [1.82, 2.24) is 0 Å². The van der Waals surface area contributed by atoms with E-state index in [2.05, 4.69) is 0 Å². The maximum absolute atomic E-state index is 9.81. The first-order chi connectivity index (χ1) is 3.13. The van der Waals surface area contributed by atoms with Crippen LogP contribution in [0, 0.1) is 43.7 Å². The van der Waals surface area contributed by atoms with Crippen molar-refractivity contribution in [2.24, 2.45) is 5.92 Å². The fraction of sp³-hybridized carbons (Fsp3) is 0.800. The molecular formula is C5H10ArO2. The molecule has 0 amide bonds. The van der Waals surface area contributed by atoms with E-state index in [-0.39, 0.29) is 50.1 Å². The molecule has 3 heteroatoms. The minimum absolute atomic E-state index is 0. The van der Waals surface area contributed by atoms with Gasteiger partial charge in [0.25, 0.3) is 0 Å².